The van der Waals surface area contributed by atoms with Gasteiger partial charge >= 0.3 is 0 Å². The molecule has 0 aliphatic rings. The van der Waals surface area contributed by atoms with Gasteiger partial charge in [0.15, 0.2) is 0 Å². The summed E-state index contributed by atoms with van der Waals surface area (Å²) < 4.78 is 18.6. The van der Waals surface area contributed by atoms with Gasteiger partial charge in [0.2, 0.25) is 5.96 Å². The zero-order chi connectivity index (χ0) is 14.4. The van der Waals surface area contributed by atoms with E-state index in [-0.39, 0.29) is 11.1 Å². The van der Waals surface area contributed by atoms with Crippen molar-refractivity contribution in [2.24, 2.45) is 10.8 Å². The molecule has 106 valence electrons. The van der Waals surface area contributed by atoms with Crippen LogP contribution in [0.2, 0.25) is 5.02 Å². The van der Waals surface area contributed by atoms with Crippen molar-refractivity contribution in [2.75, 3.05) is 19.0 Å². The van der Waals surface area contributed by atoms with Gasteiger partial charge in [0.05, 0.1) is 23.4 Å². The highest BCUT2D eigenvalue weighted by atomic mass is 79.9. The van der Waals surface area contributed by atoms with Gasteiger partial charge in [-0.1, -0.05) is 11.6 Å². The first-order chi connectivity index (χ1) is 8.97. The molecule has 0 fully saturated rings. The van der Waals surface area contributed by atoms with Crippen LogP contribution in [0.1, 0.15) is 6.92 Å². The number of methoxy groups -OCH3 is 1. The Hall–Kier alpha value is -0.890. The zero-order valence-electron chi connectivity index (χ0n) is 10.5. The molecule has 8 heteroatoms. The molecule has 0 saturated heterocycles. The Balaban J connectivity index is 2.93. The van der Waals surface area contributed by atoms with E-state index in [2.05, 4.69) is 31.7 Å². The molecule has 1 unspecified atom stereocenters. The van der Waals surface area contributed by atoms with Crippen molar-refractivity contribution < 1.29 is 9.13 Å². The molecule has 1 atom stereocenters. The van der Waals surface area contributed by atoms with Crippen LogP contribution in [-0.4, -0.2) is 25.7 Å². The minimum absolute atomic E-state index is 0.0958. The van der Waals surface area contributed by atoms with Crippen molar-refractivity contribution in [3.05, 3.63) is 27.4 Å². The minimum Gasteiger partial charge on any atom is -0.382 e. The van der Waals surface area contributed by atoms with Crippen molar-refractivity contribution in [3.63, 3.8) is 0 Å². The summed E-state index contributed by atoms with van der Waals surface area (Å²) in [5, 5.41) is 3.11. The third-order valence-electron chi connectivity index (χ3n) is 2.14. The first-order valence-electron chi connectivity index (χ1n) is 5.42. The SMILES string of the molecule is COCC(C)N=C(NN)Nc1c(Cl)cc(F)cc1Br. The molecule has 0 spiro atoms. The van der Waals surface area contributed by atoms with Crippen LogP contribution in [0, 0.1) is 5.82 Å². The normalized spacial score (nSPS) is 13.3. The monoisotopic (exact) mass is 352 g/mol. The number of anilines is 1. The second-order valence-electron chi connectivity index (χ2n) is 3.80. The molecule has 5 nitrogen and oxygen atoms in total. The standard InChI is InChI=1S/C11H15BrClFN4O/c1-6(5-19-2)16-11(18-15)17-10-8(12)3-7(14)4-9(10)13/h3-4,6H,5,15H2,1-2H3,(H2,16,17,18). The number of hydrogen-bond acceptors (Lipinski definition) is 3. The fourth-order valence-electron chi connectivity index (χ4n) is 1.38. The molecule has 0 radical (unpaired) electrons. The number of guanidine groups is 1. The van der Waals surface area contributed by atoms with Gasteiger partial charge in [-0.25, -0.2) is 15.2 Å². The molecule has 0 amide bonds. The number of hydrogen-bond donors (Lipinski definition) is 3. The van der Waals surface area contributed by atoms with Crippen LogP contribution in [-0.2, 0) is 4.74 Å². The molecule has 1 rings (SSSR count). The van der Waals surface area contributed by atoms with E-state index >= 15 is 0 Å². The maximum absolute atomic E-state index is 13.1. The summed E-state index contributed by atoms with van der Waals surface area (Å²) in [6.45, 7) is 2.31. The predicted molar refractivity (Wildman–Crippen MR) is 78.8 cm³/mol. The van der Waals surface area contributed by atoms with Crippen molar-refractivity contribution in [3.8, 4) is 0 Å². The zero-order valence-corrected chi connectivity index (χ0v) is 12.8. The average molecular weight is 354 g/mol. The lowest BCUT2D eigenvalue weighted by Crippen LogP contribution is -2.37. The van der Waals surface area contributed by atoms with Crippen LogP contribution in [0.25, 0.3) is 0 Å². The quantitative estimate of drug-likeness (QED) is 0.337. The number of nitrogens with zero attached hydrogens (tertiary/aromatic N) is 1. The molecule has 0 saturated carbocycles. The summed E-state index contributed by atoms with van der Waals surface area (Å²) in [5.74, 6) is 5.25. The molecular formula is C11H15BrClFN4O. The Kier molecular flexibility index (Phi) is 6.50. The molecule has 1 aromatic rings. The highest BCUT2D eigenvalue weighted by Crippen LogP contribution is 2.31. The second kappa shape index (κ2) is 7.64. The Morgan fingerprint density at radius 1 is 1.63 bits per heavy atom. The summed E-state index contributed by atoms with van der Waals surface area (Å²) in [5.41, 5.74) is 2.90. The summed E-state index contributed by atoms with van der Waals surface area (Å²) in [6, 6.07) is 2.39. The highest BCUT2D eigenvalue weighted by molar-refractivity contribution is 9.10. The van der Waals surface area contributed by atoms with E-state index in [9.17, 15) is 4.39 Å². The largest absolute Gasteiger partial charge is 0.382 e. The fraction of sp³-hybridized carbons (Fsp3) is 0.364. The molecule has 0 aliphatic carbocycles. The van der Waals surface area contributed by atoms with Gasteiger partial charge in [-0.3, -0.25) is 5.43 Å². The van der Waals surface area contributed by atoms with Crippen LogP contribution in [0.15, 0.2) is 21.6 Å². The van der Waals surface area contributed by atoms with Crippen molar-refractivity contribution in [2.45, 2.75) is 13.0 Å². The van der Waals surface area contributed by atoms with E-state index in [1.165, 1.54) is 12.1 Å². The Morgan fingerprint density at radius 2 is 2.32 bits per heavy atom. The van der Waals surface area contributed by atoms with Gasteiger partial charge in [-0.2, -0.15) is 0 Å². The van der Waals surface area contributed by atoms with Gasteiger partial charge in [-0.05, 0) is 35.0 Å². The highest BCUT2D eigenvalue weighted by Gasteiger charge is 2.10. The summed E-state index contributed by atoms with van der Waals surface area (Å²) in [4.78, 5) is 4.26. The average Bonchev–Trinajstić information content (AvgIpc) is 2.32. The van der Waals surface area contributed by atoms with Gasteiger partial charge in [-0.15, -0.1) is 0 Å². The lowest BCUT2D eigenvalue weighted by atomic mass is 10.3. The number of aliphatic imine (C=N–C) groups is 1. The Labute approximate surface area is 124 Å². The van der Waals surface area contributed by atoms with Crippen LogP contribution in [0.5, 0.6) is 0 Å². The molecule has 0 bridgehead atoms. The molecule has 1 aromatic carbocycles. The number of ether oxygens (including phenoxy) is 1. The lowest BCUT2D eigenvalue weighted by Gasteiger charge is -2.14. The number of halogens is 3. The van der Waals surface area contributed by atoms with Crippen molar-refractivity contribution in [1.29, 1.82) is 0 Å². The number of hydrazine groups is 1. The number of benzene rings is 1. The van der Waals surface area contributed by atoms with Crippen LogP contribution in [0.3, 0.4) is 0 Å². The molecule has 4 N–H and O–H groups in total. The third-order valence-corrected chi connectivity index (χ3v) is 3.07. The number of rotatable bonds is 4. The Bertz CT molecular complexity index is 449. The predicted octanol–water partition coefficient (Wildman–Crippen LogP) is 2.51. The molecule has 19 heavy (non-hydrogen) atoms. The molecule has 0 aliphatic heterocycles. The summed E-state index contributed by atoms with van der Waals surface area (Å²) in [6.07, 6.45) is 0. The van der Waals surface area contributed by atoms with Crippen molar-refractivity contribution >= 4 is 39.2 Å². The van der Waals surface area contributed by atoms with Gasteiger partial charge in [0.25, 0.3) is 0 Å². The van der Waals surface area contributed by atoms with Crippen LogP contribution in [0.4, 0.5) is 10.1 Å². The van der Waals surface area contributed by atoms with E-state index in [0.717, 1.165) is 0 Å². The van der Waals surface area contributed by atoms with Crippen LogP contribution < -0.4 is 16.6 Å². The van der Waals surface area contributed by atoms with E-state index < -0.39 is 5.82 Å². The van der Waals surface area contributed by atoms with E-state index in [0.29, 0.717) is 22.7 Å². The number of nitrogens with two attached hydrogens (primary N) is 1. The maximum atomic E-state index is 13.1. The van der Waals surface area contributed by atoms with E-state index in [1.807, 2.05) is 6.92 Å². The minimum atomic E-state index is -0.436. The van der Waals surface area contributed by atoms with Gasteiger partial charge < -0.3 is 10.1 Å². The van der Waals surface area contributed by atoms with Crippen molar-refractivity contribution in [1.82, 2.24) is 5.43 Å². The smallest absolute Gasteiger partial charge is 0.210 e. The topological polar surface area (TPSA) is 71.7 Å². The van der Waals surface area contributed by atoms with Crippen LogP contribution >= 0.6 is 27.5 Å². The fourth-order valence-corrected chi connectivity index (χ4v) is 2.28. The Morgan fingerprint density at radius 3 is 2.84 bits per heavy atom. The van der Waals surface area contributed by atoms with E-state index in [4.69, 9.17) is 22.2 Å². The second-order valence-corrected chi connectivity index (χ2v) is 5.06. The van der Waals surface area contributed by atoms with E-state index in [1.54, 1.807) is 7.11 Å². The maximum Gasteiger partial charge on any atom is 0.210 e. The molecule has 0 aromatic heterocycles. The van der Waals surface area contributed by atoms with Gasteiger partial charge in [0, 0.05) is 11.6 Å². The van der Waals surface area contributed by atoms with Gasteiger partial charge in [0.1, 0.15) is 5.82 Å². The summed E-state index contributed by atoms with van der Waals surface area (Å²) in [7, 11) is 1.59. The summed E-state index contributed by atoms with van der Waals surface area (Å²) >= 11 is 9.17. The third kappa shape index (κ3) is 4.94. The first kappa shape index (κ1) is 16.2. The lowest BCUT2D eigenvalue weighted by molar-refractivity contribution is 0.185. The molecule has 0 heterocycles. The first-order valence-corrected chi connectivity index (χ1v) is 6.60. The molecular weight excluding hydrogens is 339 g/mol. The number of nitrogens with one attached hydrogen (secondary N) is 2.